The van der Waals surface area contributed by atoms with E-state index in [0.29, 0.717) is 6.10 Å². The molecule has 1 aliphatic heterocycles. The minimum Gasteiger partial charge on any atom is -0.474 e. The molecule has 1 saturated heterocycles. The molecule has 3 heteroatoms. The van der Waals surface area contributed by atoms with Gasteiger partial charge in [0.1, 0.15) is 6.10 Å². The van der Waals surface area contributed by atoms with Crippen LogP contribution in [-0.2, 0) is 4.74 Å². The summed E-state index contributed by atoms with van der Waals surface area (Å²) in [4.78, 5) is 0. The lowest BCUT2D eigenvalue weighted by molar-refractivity contribution is 0.219. The lowest BCUT2D eigenvalue weighted by atomic mass is 10.1. The van der Waals surface area contributed by atoms with Gasteiger partial charge >= 0.3 is 0 Å². The first-order valence-corrected chi connectivity index (χ1v) is 7.05. The van der Waals surface area contributed by atoms with Gasteiger partial charge in [-0.3, -0.25) is 0 Å². The number of rotatable bonds is 7. The van der Waals surface area contributed by atoms with Crippen LogP contribution >= 0.6 is 24.0 Å². The smallest absolute Gasteiger partial charge is 0.220 e. The van der Waals surface area contributed by atoms with Crippen molar-refractivity contribution in [1.29, 1.82) is 0 Å². The van der Waals surface area contributed by atoms with Gasteiger partial charge in [-0.15, -0.1) is 0 Å². The Labute approximate surface area is 97.0 Å². The molecule has 1 atom stereocenters. The second kappa shape index (κ2) is 7.52. The van der Waals surface area contributed by atoms with Crippen molar-refractivity contribution < 1.29 is 4.74 Å². The fourth-order valence-electron chi connectivity index (χ4n) is 1.66. The highest BCUT2D eigenvalue weighted by molar-refractivity contribution is 8.22. The van der Waals surface area contributed by atoms with Crippen molar-refractivity contribution in [2.45, 2.75) is 58.0 Å². The molecule has 0 spiro atoms. The number of ether oxygens (including phenoxy) is 1. The van der Waals surface area contributed by atoms with Crippen LogP contribution < -0.4 is 0 Å². The molecule has 1 rings (SSSR count). The molecule has 1 heterocycles. The second-order valence-electron chi connectivity index (χ2n) is 3.86. The Kier molecular flexibility index (Phi) is 6.61. The quantitative estimate of drug-likeness (QED) is 0.482. The maximum absolute atomic E-state index is 5.48. The fraction of sp³-hybridized carbons (Fsp3) is 0.909. The van der Waals surface area contributed by atoms with Crippen LogP contribution in [0.25, 0.3) is 0 Å². The van der Waals surface area contributed by atoms with Crippen LogP contribution in [0, 0.1) is 0 Å². The first-order chi connectivity index (χ1) is 6.83. The highest BCUT2D eigenvalue weighted by Crippen LogP contribution is 2.23. The number of thiocarbonyl (C=S) groups is 1. The predicted octanol–water partition coefficient (Wildman–Crippen LogP) is 4.15. The van der Waals surface area contributed by atoms with Gasteiger partial charge in [-0.2, -0.15) is 0 Å². The van der Waals surface area contributed by atoms with E-state index in [1.165, 1.54) is 44.9 Å². The van der Waals surface area contributed by atoms with E-state index in [1.54, 1.807) is 11.8 Å². The highest BCUT2D eigenvalue weighted by atomic mass is 32.2. The summed E-state index contributed by atoms with van der Waals surface area (Å²) >= 11 is 6.66. The molecule has 0 saturated carbocycles. The Hall–Kier alpha value is 0.240. The Morgan fingerprint density at radius 1 is 1.29 bits per heavy atom. The van der Waals surface area contributed by atoms with E-state index >= 15 is 0 Å². The van der Waals surface area contributed by atoms with Crippen LogP contribution in [0.1, 0.15) is 51.9 Å². The van der Waals surface area contributed by atoms with E-state index in [4.69, 9.17) is 17.0 Å². The van der Waals surface area contributed by atoms with E-state index < -0.39 is 0 Å². The molecule has 14 heavy (non-hydrogen) atoms. The maximum atomic E-state index is 5.48. The van der Waals surface area contributed by atoms with Gasteiger partial charge in [-0.05, 0) is 25.1 Å². The minimum atomic E-state index is 0.415. The maximum Gasteiger partial charge on any atom is 0.220 e. The summed E-state index contributed by atoms with van der Waals surface area (Å²) in [6, 6.07) is 0. The van der Waals surface area contributed by atoms with Crippen molar-refractivity contribution in [3.05, 3.63) is 0 Å². The van der Waals surface area contributed by atoms with Gasteiger partial charge in [-0.1, -0.05) is 50.8 Å². The van der Waals surface area contributed by atoms with Gasteiger partial charge in [0.15, 0.2) is 0 Å². The molecule has 0 aliphatic carbocycles. The number of hydrogen-bond donors (Lipinski definition) is 0. The Balaban J connectivity index is 1.86. The molecule has 1 fully saturated rings. The average molecular weight is 232 g/mol. The van der Waals surface area contributed by atoms with Crippen LogP contribution in [0.3, 0.4) is 0 Å². The van der Waals surface area contributed by atoms with Gasteiger partial charge in [0.25, 0.3) is 0 Å². The van der Waals surface area contributed by atoms with Crippen molar-refractivity contribution in [2.75, 3.05) is 5.75 Å². The van der Waals surface area contributed by atoms with Gasteiger partial charge in [0, 0.05) is 5.75 Å². The third-order valence-electron chi connectivity index (χ3n) is 2.53. The SMILES string of the molecule is CCCCCCCC[C@@H]1CSC(=S)O1. The van der Waals surface area contributed by atoms with Crippen LogP contribution in [0.4, 0.5) is 0 Å². The molecule has 0 bridgehead atoms. The summed E-state index contributed by atoms with van der Waals surface area (Å²) < 4.78 is 6.23. The second-order valence-corrected chi connectivity index (χ2v) is 5.48. The van der Waals surface area contributed by atoms with E-state index in [0.717, 1.165) is 10.1 Å². The molecular weight excluding hydrogens is 212 g/mol. The molecule has 1 aliphatic rings. The fourth-order valence-corrected chi connectivity index (χ4v) is 2.76. The van der Waals surface area contributed by atoms with Gasteiger partial charge in [0.2, 0.25) is 4.38 Å². The standard InChI is InChI=1S/C11H20OS2/c1-2-3-4-5-6-7-8-10-9-14-11(13)12-10/h10H,2-9H2,1H3/t10-/m1/s1. The normalized spacial score (nSPS) is 21.2. The monoisotopic (exact) mass is 232 g/mol. The lowest BCUT2D eigenvalue weighted by Gasteiger charge is -2.07. The Morgan fingerprint density at radius 2 is 2.00 bits per heavy atom. The average Bonchev–Trinajstić information content (AvgIpc) is 2.58. The molecule has 1 nitrogen and oxygen atoms in total. The zero-order chi connectivity index (χ0) is 10.2. The molecule has 0 N–H and O–H groups in total. The highest BCUT2D eigenvalue weighted by Gasteiger charge is 2.20. The number of unbranched alkanes of at least 4 members (excludes halogenated alkanes) is 5. The topological polar surface area (TPSA) is 9.23 Å². The summed E-state index contributed by atoms with van der Waals surface area (Å²) in [6.07, 6.45) is 9.77. The van der Waals surface area contributed by atoms with Crippen molar-refractivity contribution >= 4 is 28.4 Å². The summed E-state index contributed by atoms with van der Waals surface area (Å²) in [5.41, 5.74) is 0. The van der Waals surface area contributed by atoms with Crippen molar-refractivity contribution in [3.8, 4) is 0 Å². The number of hydrogen-bond acceptors (Lipinski definition) is 3. The summed E-state index contributed by atoms with van der Waals surface area (Å²) in [6.45, 7) is 2.25. The lowest BCUT2D eigenvalue weighted by Crippen LogP contribution is -2.08. The first-order valence-electron chi connectivity index (χ1n) is 5.66. The van der Waals surface area contributed by atoms with Crippen molar-refractivity contribution in [1.82, 2.24) is 0 Å². The summed E-state index contributed by atoms with van der Waals surface area (Å²) in [5, 5.41) is 0. The molecule has 0 amide bonds. The Bertz CT molecular complexity index is 171. The molecule has 0 unspecified atom stereocenters. The van der Waals surface area contributed by atoms with E-state index in [1.807, 2.05) is 0 Å². The summed E-state index contributed by atoms with van der Waals surface area (Å²) in [7, 11) is 0. The van der Waals surface area contributed by atoms with E-state index in [-0.39, 0.29) is 0 Å². The first kappa shape index (κ1) is 12.3. The van der Waals surface area contributed by atoms with Gasteiger partial charge in [-0.25, -0.2) is 0 Å². The van der Waals surface area contributed by atoms with Gasteiger partial charge in [0.05, 0.1) is 0 Å². The molecule has 82 valence electrons. The zero-order valence-corrected chi connectivity index (χ0v) is 10.6. The summed E-state index contributed by atoms with van der Waals surface area (Å²) in [5.74, 6) is 1.08. The van der Waals surface area contributed by atoms with Crippen molar-refractivity contribution in [2.24, 2.45) is 0 Å². The molecule has 0 aromatic heterocycles. The van der Waals surface area contributed by atoms with Crippen LogP contribution in [0.15, 0.2) is 0 Å². The van der Waals surface area contributed by atoms with Crippen LogP contribution in [0.5, 0.6) is 0 Å². The third-order valence-corrected chi connectivity index (χ3v) is 3.85. The Morgan fingerprint density at radius 3 is 2.64 bits per heavy atom. The molecule has 0 aromatic carbocycles. The largest absolute Gasteiger partial charge is 0.474 e. The van der Waals surface area contributed by atoms with E-state index in [2.05, 4.69) is 6.92 Å². The predicted molar refractivity (Wildman–Crippen MR) is 67.9 cm³/mol. The molecule has 0 radical (unpaired) electrons. The van der Waals surface area contributed by atoms with Crippen LogP contribution in [-0.4, -0.2) is 16.2 Å². The number of thioether (sulfide) groups is 1. The minimum absolute atomic E-state index is 0.415. The van der Waals surface area contributed by atoms with Crippen molar-refractivity contribution in [3.63, 3.8) is 0 Å². The zero-order valence-electron chi connectivity index (χ0n) is 8.96. The van der Waals surface area contributed by atoms with E-state index in [9.17, 15) is 0 Å². The molecule has 0 aromatic rings. The van der Waals surface area contributed by atoms with Crippen LogP contribution in [0.2, 0.25) is 0 Å². The molecular formula is C11H20OS2. The van der Waals surface area contributed by atoms with Gasteiger partial charge < -0.3 is 4.74 Å². The third kappa shape index (κ3) is 5.20.